The zero-order valence-electron chi connectivity index (χ0n) is 25.6. The second kappa shape index (κ2) is 20.1. The standard InChI is InChI=1S/C25H44O20S2/c1-3-11-19(28)17(37-14(4-26)22(11)40-46-44-42-31)8-35-7-13-20(29)18(38-15(5-27)23(13)41-47-45-43-32)9-34-6-12-16-10-36-24(12)21(30)25(33-2)39-16/h11-32H,3-10H2,1-2H3/t11-,12-,13-,14?,15?,16?,17+,18-,19?,20?,21?,22+,23+,24+,25+/m0/s1. The van der Waals surface area contributed by atoms with Gasteiger partial charge in [0.1, 0.15) is 42.7 Å². The van der Waals surface area contributed by atoms with Gasteiger partial charge >= 0.3 is 0 Å². The van der Waals surface area contributed by atoms with E-state index in [9.17, 15) is 25.5 Å². The normalized spacial score (nSPS) is 42.2. The molecule has 15 atom stereocenters. The Balaban J connectivity index is 1.37. The van der Waals surface area contributed by atoms with Crippen molar-refractivity contribution in [2.45, 2.75) is 86.8 Å². The van der Waals surface area contributed by atoms with Crippen LogP contribution in [0.2, 0.25) is 0 Å². The van der Waals surface area contributed by atoms with Gasteiger partial charge in [-0.3, -0.25) is 8.37 Å². The van der Waals surface area contributed by atoms with E-state index < -0.39 is 92.4 Å². The van der Waals surface area contributed by atoms with Crippen LogP contribution in [-0.2, 0) is 60.3 Å². The second-order valence-corrected chi connectivity index (χ2v) is 12.3. The van der Waals surface area contributed by atoms with Crippen LogP contribution < -0.4 is 0 Å². The average Bonchev–Trinajstić information content (AvgIpc) is 3.39. The van der Waals surface area contributed by atoms with Crippen molar-refractivity contribution in [3.8, 4) is 0 Å². The van der Waals surface area contributed by atoms with Gasteiger partial charge in [-0.05, 0) is 6.42 Å². The topological polar surface area (TPSA) is 262 Å². The summed E-state index contributed by atoms with van der Waals surface area (Å²) in [6, 6.07) is 0. The van der Waals surface area contributed by atoms with E-state index >= 15 is 0 Å². The maximum atomic E-state index is 11.4. The lowest BCUT2D eigenvalue weighted by molar-refractivity contribution is -0.435. The summed E-state index contributed by atoms with van der Waals surface area (Å²) >= 11 is 0.554. The van der Waals surface area contributed by atoms with E-state index in [4.69, 9.17) is 52.0 Å². The van der Waals surface area contributed by atoms with E-state index in [-0.39, 0.29) is 57.4 Å². The van der Waals surface area contributed by atoms with Gasteiger partial charge in [0.25, 0.3) is 0 Å². The predicted octanol–water partition coefficient (Wildman–Crippen LogP) is -1.61. The summed E-state index contributed by atoms with van der Waals surface area (Å²) in [5.74, 6) is -1.70. The van der Waals surface area contributed by atoms with Crippen LogP contribution in [0.5, 0.6) is 0 Å². The third-order valence-electron chi connectivity index (χ3n) is 8.86. The molecule has 0 spiro atoms. The van der Waals surface area contributed by atoms with Crippen LogP contribution in [0.4, 0.5) is 0 Å². The molecule has 0 aromatic carbocycles. The van der Waals surface area contributed by atoms with Gasteiger partial charge in [0, 0.05) is 24.9 Å². The highest BCUT2D eigenvalue weighted by molar-refractivity contribution is 7.89. The zero-order valence-corrected chi connectivity index (χ0v) is 27.2. The third kappa shape index (κ3) is 9.82. The number of ether oxygens (including phenoxy) is 7. The van der Waals surface area contributed by atoms with Crippen LogP contribution in [0, 0.1) is 17.8 Å². The molecule has 0 amide bonds. The van der Waals surface area contributed by atoms with E-state index in [1.165, 1.54) is 7.11 Å². The fraction of sp³-hybridized carbons (Fsp3) is 1.00. The monoisotopic (exact) mass is 728 g/mol. The zero-order chi connectivity index (χ0) is 33.9. The fourth-order valence-electron chi connectivity index (χ4n) is 6.51. The second-order valence-electron chi connectivity index (χ2n) is 11.4. The molecule has 4 fully saturated rings. The van der Waals surface area contributed by atoms with Crippen molar-refractivity contribution in [1.29, 1.82) is 0 Å². The van der Waals surface area contributed by atoms with Gasteiger partial charge in [0.05, 0.1) is 70.7 Å². The number of methoxy groups -OCH3 is 1. The Morgan fingerprint density at radius 1 is 0.681 bits per heavy atom. The molecule has 4 aliphatic rings. The number of fused-ring (bicyclic) bond motifs is 2. The summed E-state index contributed by atoms with van der Waals surface area (Å²) in [6.07, 6.45) is -10.3. The first-order valence-corrected chi connectivity index (χ1v) is 16.3. The van der Waals surface area contributed by atoms with Crippen LogP contribution in [-0.4, -0.2) is 163 Å². The lowest BCUT2D eigenvalue weighted by Crippen LogP contribution is -2.59. The Kier molecular flexibility index (Phi) is 16.9. The number of hydrogen-bond acceptors (Lipinski definition) is 22. The highest BCUT2D eigenvalue weighted by atomic mass is 32.2. The number of aliphatic hydroxyl groups is 5. The Hall–Kier alpha value is -0.100. The molecule has 2 bridgehead atoms. The summed E-state index contributed by atoms with van der Waals surface area (Å²) in [7, 11) is 1.43. The van der Waals surface area contributed by atoms with Crippen molar-refractivity contribution >= 4 is 24.6 Å². The summed E-state index contributed by atoms with van der Waals surface area (Å²) in [4.78, 5) is 0. The smallest absolute Gasteiger partial charge is 0.198 e. The van der Waals surface area contributed by atoms with Crippen molar-refractivity contribution < 1.29 is 96.3 Å². The fourth-order valence-corrected chi connectivity index (χ4v) is 7.34. The van der Waals surface area contributed by atoms with Crippen LogP contribution in [0.15, 0.2) is 0 Å². The van der Waals surface area contributed by atoms with Gasteiger partial charge in [-0.15, -0.1) is 8.67 Å². The van der Waals surface area contributed by atoms with E-state index in [2.05, 4.69) is 18.7 Å². The van der Waals surface area contributed by atoms with Gasteiger partial charge in [0.15, 0.2) is 30.9 Å². The minimum Gasteiger partial charge on any atom is -0.394 e. The van der Waals surface area contributed by atoms with Gasteiger partial charge < -0.3 is 58.7 Å². The minimum atomic E-state index is -1.27. The Morgan fingerprint density at radius 3 is 1.72 bits per heavy atom. The molecule has 47 heavy (non-hydrogen) atoms. The summed E-state index contributed by atoms with van der Waals surface area (Å²) < 4.78 is 59.7. The lowest BCUT2D eigenvalue weighted by Gasteiger charge is -2.45. The third-order valence-corrected chi connectivity index (χ3v) is 9.69. The minimum absolute atomic E-state index is 0.113. The molecule has 20 nitrogen and oxygen atoms in total. The molecule has 0 radical (unpaired) electrons. The van der Waals surface area contributed by atoms with E-state index in [0.717, 1.165) is 0 Å². The first kappa shape index (κ1) is 39.7. The molecule has 7 N–H and O–H groups in total. The SMILES string of the molecule is CC[C@H]1C(O)[C@@H](COC[C@H]2C(O)[C@H](COC[C@H]3C4CO[C@H]3C(O)[C@H](OC)O4)OC(CO)[C@@H]2OSOOO)OC(CO)[C@@H]1OSOOO. The molecule has 0 aromatic rings. The first-order valence-electron chi connectivity index (χ1n) is 15.0. The molecule has 4 aliphatic heterocycles. The summed E-state index contributed by atoms with van der Waals surface area (Å²) in [5.41, 5.74) is 0. The molecule has 4 saturated heterocycles. The number of rotatable bonds is 20. The molecule has 0 saturated carbocycles. The van der Waals surface area contributed by atoms with Gasteiger partial charge in [0.2, 0.25) is 0 Å². The number of aliphatic hydroxyl groups excluding tert-OH is 5. The van der Waals surface area contributed by atoms with Crippen LogP contribution >= 0.6 is 24.6 Å². The molecular formula is C25H44O20S2. The molecule has 22 heteroatoms. The molecule has 4 rings (SSSR count). The highest BCUT2D eigenvalue weighted by Gasteiger charge is 2.52. The van der Waals surface area contributed by atoms with Crippen LogP contribution in [0.3, 0.4) is 0 Å². The van der Waals surface area contributed by atoms with Crippen LogP contribution in [0.25, 0.3) is 0 Å². The van der Waals surface area contributed by atoms with E-state index in [1.807, 2.05) is 0 Å². The quantitative estimate of drug-likeness (QED) is 0.0322. The van der Waals surface area contributed by atoms with Gasteiger partial charge in [-0.1, -0.05) is 17.0 Å². The maximum absolute atomic E-state index is 11.4. The molecule has 4 heterocycles. The van der Waals surface area contributed by atoms with Crippen LogP contribution in [0.1, 0.15) is 13.3 Å². The van der Waals surface area contributed by atoms with Crippen molar-refractivity contribution in [2.24, 2.45) is 17.8 Å². The van der Waals surface area contributed by atoms with Crippen molar-refractivity contribution in [2.75, 3.05) is 53.4 Å². The highest BCUT2D eigenvalue weighted by Crippen LogP contribution is 2.37. The lowest BCUT2D eigenvalue weighted by atomic mass is 9.84. The Bertz CT molecular complexity index is 884. The van der Waals surface area contributed by atoms with Crippen molar-refractivity contribution in [3.05, 3.63) is 0 Å². The molecule has 6 unspecified atom stereocenters. The number of hydrogen-bond donors (Lipinski definition) is 7. The Morgan fingerprint density at radius 2 is 1.21 bits per heavy atom. The largest absolute Gasteiger partial charge is 0.394 e. The van der Waals surface area contributed by atoms with E-state index in [1.54, 1.807) is 6.92 Å². The first-order chi connectivity index (χ1) is 22.8. The predicted molar refractivity (Wildman–Crippen MR) is 152 cm³/mol. The maximum Gasteiger partial charge on any atom is 0.198 e. The average molecular weight is 729 g/mol. The van der Waals surface area contributed by atoms with Gasteiger partial charge in [-0.25, -0.2) is 10.5 Å². The summed E-state index contributed by atoms with van der Waals surface area (Å²) in [6.45, 7) is 0.706. The molecular weight excluding hydrogens is 684 g/mol. The van der Waals surface area contributed by atoms with Crippen molar-refractivity contribution in [3.63, 3.8) is 0 Å². The van der Waals surface area contributed by atoms with Crippen molar-refractivity contribution in [1.82, 2.24) is 0 Å². The Labute approximate surface area is 278 Å². The van der Waals surface area contributed by atoms with E-state index in [0.29, 0.717) is 18.7 Å². The molecule has 276 valence electrons. The molecule has 0 aliphatic carbocycles. The molecule has 0 aromatic heterocycles. The van der Waals surface area contributed by atoms with Gasteiger partial charge in [-0.2, -0.15) is 0 Å². The summed E-state index contributed by atoms with van der Waals surface area (Å²) in [5, 5.41) is 76.9.